The molecule has 4 rings (SSSR count). The lowest BCUT2D eigenvalue weighted by Gasteiger charge is -2.23. The van der Waals surface area contributed by atoms with Crippen molar-refractivity contribution < 1.29 is 14.4 Å². The molecule has 1 saturated heterocycles. The molecule has 1 fully saturated rings. The molecule has 2 N–H and O–H groups in total. The Bertz CT molecular complexity index is 1200. The van der Waals surface area contributed by atoms with Gasteiger partial charge < -0.3 is 10.6 Å². The van der Waals surface area contributed by atoms with Gasteiger partial charge in [-0.2, -0.15) is 0 Å². The van der Waals surface area contributed by atoms with E-state index in [1.165, 1.54) is 6.07 Å². The highest BCUT2D eigenvalue weighted by molar-refractivity contribution is 6.35. The summed E-state index contributed by atoms with van der Waals surface area (Å²) in [6.07, 6.45) is 0. The Balaban J connectivity index is 1.49. The number of urea groups is 1. The molecule has 0 aliphatic carbocycles. The first-order valence-electron chi connectivity index (χ1n) is 9.83. The summed E-state index contributed by atoms with van der Waals surface area (Å²) < 4.78 is 0. The van der Waals surface area contributed by atoms with Crippen LogP contribution >= 0.6 is 23.2 Å². The zero-order valence-corrected chi connectivity index (χ0v) is 18.6. The highest BCUT2D eigenvalue weighted by Gasteiger charge is 2.49. The van der Waals surface area contributed by atoms with Gasteiger partial charge in [0, 0.05) is 26.9 Å². The fourth-order valence-electron chi connectivity index (χ4n) is 3.59. The first-order valence-corrected chi connectivity index (χ1v) is 10.6. The van der Waals surface area contributed by atoms with Crippen molar-refractivity contribution in [1.82, 2.24) is 10.2 Å². The number of nitrogens with one attached hydrogen (secondary N) is 2. The molecule has 0 bridgehead atoms. The molecule has 4 amide bonds. The van der Waals surface area contributed by atoms with E-state index in [9.17, 15) is 14.4 Å². The summed E-state index contributed by atoms with van der Waals surface area (Å²) in [6, 6.07) is 20.1. The molecule has 3 aromatic rings. The van der Waals surface area contributed by atoms with Crippen LogP contribution in [0.25, 0.3) is 0 Å². The van der Waals surface area contributed by atoms with E-state index in [1.54, 1.807) is 55.5 Å². The first kappa shape index (κ1) is 21.9. The fourth-order valence-corrected chi connectivity index (χ4v) is 4.18. The van der Waals surface area contributed by atoms with Crippen LogP contribution in [0.15, 0.2) is 72.8 Å². The molecule has 0 saturated carbocycles. The van der Waals surface area contributed by atoms with E-state index in [0.717, 1.165) is 4.90 Å². The molecule has 8 heteroatoms. The zero-order valence-electron chi connectivity index (χ0n) is 17.1. The highest BCUT2D eigenvalue weighted by atomic mass is 35.5. The maximum Gasteiger partial charge on any atom is 0.325 e. The molecular weight excluding hydrogens is 449 g/mol. The van der Waals surface area contributed by atoms with Crippen LogP contribution in [0.3, 0.4) is 0 Å². The van der Waals surface area contributed by atoms with Crippen molar-refractivity contribution in [3.05, 3.63) is 99.5 Å². The van der Waals surface area contributed by atoms with E-state index in [-0.39, 0.29) is 12.5 Å². The van der Waals surface area contributed by atoms with E-state index >= 15 is 0 Å². The summed E-state index contributed by atoms with van der Waals surface area (Å²) >= 11 is 12.2. The molecule has 0 aromatic heterocycles. The Morgan fingerprint density at radius 1 is 1.00 bits per heavy atom. The molecule has 1 aliphatic heterocycles. The van der Waals surface area contributed by atoms with Gasteiger partial charge in [0.1, 0.15) is 5.54 Å². The van der Waals surface area contributed by atoms with Gasteiger partial charge in [0.2, 0.25) is 0 Å². The molecule has 162 valence electrons. The quantitative estimate of drug-likeness (QED) is 0.505. The smallest absolute Gasteiger partial charge is 0.322 e. The summed E-state index contributed by atoms with van der Waals surface area (Å²) in [5, 5.41) is 6.28. The molecule has 6 nitrogen and oxygen atoms in total. The summed E-state index contributed by atoms with van der Waals surface area (Å²) in [4.78, 5) is 39.3. The van der Waals surface area contributed by atoms with Crippen molar-refractivity contribution in [3.8, 4) is 0 Å². The number of para-hydroxylation sites is 1. The first-order chi connectivity index (χ1) is 15.3. The van der Waals surface area contributed by atoms with Crippen LogP contribution in [0, 0.1) is 0 Å². The van der Waals surface area contributed by atoms with Gasteiger partial charge in [-0.3, -0.25) is 14.5 Å². The SMILES string of the molecule is CC1(c2ccc(Cl)cc2Cl)NC(=O)N(Cc2ccc(C(=O)Nc3ccccc3)cc2)C1=O. The number of rotatable bonds is 5. The number of halogens is 2. The molecule has 1 heterocycles. The predicted molar refractivity (Wildman–Crippen MR) is 124 cm³/mol. The van der Waals surface area contributed by atoms with Crippen LogP contribution in [0.5, 0.6) is 0 Å². The maximum absolute atomic E-state index is 13.1. The minimum atomic E-state index is -1.30. The Morgan fingerprint density at radius 3 is 2.34 bits per heavy atom. The van der Waals surface area contributed by atoms with Crippen molar-refractivity contribution in [3.63, 3.8) is 0 Å². The van der Waals surface area contributed by atoms with E-state index < -0.39 is 17.5 Å². The van der Waals surface area contributed by atoms with Crippen molar-refractivity contribution in [2.45, 2.75) is 19.0 Å². The van der Waals surface area contributed by atoms with Crippen molar-refractivity contribution >= 4 is 46.7 Å². The Morgan fingerprint density at radius 2 is 1.69 bits per heavy atom. The van der Waals surface area contributed by atoms with Gasteiger partial charge in [-0.1, -0.05) is 59.6 Å². The van der Waals surface area contributed by atoms with Crippen LogP contribution in [0.1, 0.15) is 28.4 Å². The molecule has 3 aromatic carbocycles. The van der Waals surface area contributed by atoms with Crippen LogP contribution in [-0.4, -0.2) is 22.7 Å². The molecule has 1 aliphatic rings. The van der Waals surface area contributed by atoms with Crippen molar-refractivity contribution in [2.24, 2.45) is 0 Å². The van der Waals surface area contributed by atoms with Gasteiger partial charge in [-0.25, -0.2) is 4.79 Å². The van der Waals surface area contributed by atoms with E-state index in [4.69, 9.17) is 23.2 Å². The second-order valence-electron chi connectivity index (χ2n) is 7.59. The summed E-state index contributed by atoms with van der Waals surface area (Å²) in [5.41, 5.74) is 1.04. The average Bonchev–Trinajstić information content (AvgIpc) is 2.98. The summed E-state index contributed by atoms with van der Waals surface area (Å²) in [7, 11) is 0. The zero-order chi connectivity index (χ0) is 22.9. The Labute approximate surface area is 195 Å². The highest BCUT2D eigenvalue weighted by Crippen LogP contribution is 2.35. The maximum atomic E-state index is 13.1. The lowest BCUT2D eigenvalue weighted by atomic mass is 9.92. The minimum Gasteiger partial charge on any atom is -0.322 e. The average molecular weight is 468 g/mol. The van der Waals surface area contributed by atoms with E-state index in [0.29, 0.717) is 32.4 Å². The lowest BCUT2D eigenvalue weighted by Crippen LogP contribution is -2.41. The second kappa shape index (κ2) is 8.65. The number of benzene rings is 3. The van der Waals surface area contributed by atoms with Crippen molar-refractivity contribution in [2.75, 3.05) is 5.32 Å². The van der Waals surface area contributed by atoms with E-state index in [2.05, 4.69) is 10.6 Å². The van der Waals surface area contributed by atoms with Crippen LogP contribution < -0.4 is 10.6 Å². The number of imide groups is 1. The summed E-state index contributed by atoms with van der Waals surface area (Å²) in [5.74, 6) is -0.666. The van der Waals surface area contributed by atoms with Gasteiger partial charge in [0.15, 0.2) is 0 Å². The monoisotopic (exact) mass is 467 g/mol. The van der Waals surface area contributed by atoms with Gasteiger partial charge in [-0.05, 0) is 48.9 Å². The molecule has 1 unspecified atom stereocenters. The number of hydrogen-bond acceptors (Lipinski definition) is 3. The number of carbonyl (C=O) groups is 3. The molecule has 32 heavy (non-hydrogen) atoms. The lowest BCUT2D eigenvalue weighted by molar-refractivity contribution is -0.131. The van der Waals surface area contributed by atoms with Crippen LogP contribution in [0.4, 0.5) is 10.5 Å². The molecular formula is C24H19Cl2N3O3. The standard InChI is InChI=1S/C24H19Cl2N3O3/c1-24(19-12-11-17(25)13-20(19)26)22(31)29(23(32)28-24)14-15-7-9-16(10-8-15)21(30)27-18-5-3-2-4-6-18/h2-13H,14H2,1H3,(H,27,30)(H,28,32). The second-order valence-corrected chi connectivity index (χ2v) is 8.43. The largest absolute Gasteiger partial charge is 0.325 e. The molecule has 0 spiro atoms. The van der Waals surface area contributed by atoms with Gasteiger partial charge in [0.05, 0.1) is 6.54 Å². The van der Waals surface area contributed by atoms with Crippen LogP contribution in [-0.2, 0) is 16.9 Å². The molecule has 0 radical (unpaired) electrons. The number of nitrogens with zero attached hydrogens (tertiary/aromatic N) is 1. The third-order valence-electron chi connectivity index (χ3n) is 5.33. The summed E-state index contributed by atoms with van der Waals surface area (Å²) in [6.45, 7) is 1.67. The number of amides is 4. The fraction of sp³-hybridized carbons (Fsp3) is 0.125. The number of anilines is 1. The van der Waals surface area contributed by atoms with Gasteiger partial charge in [-0.15, -0.1) is 0 Å². The minimum absolute atomic E-state index is 0.0616. The Hall–Kier alpha value is -3.35. The van der Waals surface area contributed by atoms with Gasteiger partial charge >= 0.3 is 6.03 Å². The van der Waals surface area contributed by atoms with Crippen LogP contribution in [0.2, 0.25) is 10.0 Å². The molecule has 1 atom stereocenters. The van der Waals surface area contributed by atoms with Crippen molar-refractivity contribution in [1.29, 1.82) is 0 Å². The normalized spacial score (nSPS) is 17.9. The number of carbonyl (C=O) groups excluding carboxylic acids is 3. The predicted octanol–water partition coefficient (Wildman–Crippen LogP) is 5.21. The number of hydrogen-bond donors (Lipinski definition) is 2. The topological polar surface area (TPSA) is 78.5 Å². The van der Waals surface area contributed by atoms with Gasteiger partial charge in [0.25, 0.3) is 11.8 Å². The third-order valence-corrected chi connectivity index (χ3v) is 5.88. The Kier molecular flexibility index (Phi) is 5.91. The third kappa shape index (κ3) is 4.20. The van der Waals surface area contributed by atoms with E-state index in [1.807, 2.05) is 18.2 Å².